The van der Waals surface area contributed by atoms with Crippen molar-refractivity contribution in [2.75, 3.05) is 0 Å². The minimum Gasteiger partial charge on any atom is -0.505 e. The molecule has 4 atom stereocenters. The smallest absolute Gasteiger partial charge is 0.207 e. The summed E-state index contributed by atoms with van der Waals surface area (Å²) in [5.41, 5.74) is 0.261. The fourth-order valence-electron chi connectivity index (χ4n) is 3.54. The first kappa shape index (κ1) is 12.2. The van der Waals surface area contributed by atoms with Crippen LogP contribution in [0.4, 0.5) is 0 Å². The average Bonchev–Trinajstić information content (AvgIpc) is 2.55. The molecule has 1 aromatic carbocycles. The van der Waals surface area contributed by atoms with Crippen LogP contribution in [0, 0.1) is 17.3 Å². The predicted molar refractivity (Wildman–Crippen MR) is 70.7 cm³/mol. The number of ketones is 2. The molecule has 0 heterocycles. The van der Waals surface area contributed by atoms with Crippen LogP contribution in [0.5, 0.6) is 0 Å². The highest BCUT2D eigenvalue weighted by atomic mass is 16.3. The molecule has 3 nitrogen and oxygen atoms in total. The molecule has 0 aromatic heterocycles. The summed E-state index contributed by atoms with van der Waals surface area (Å²) in [7, 11) is 0. The number of fused-ring (bicyclic) bond motifs is 2. The Morgan fingerprint density at radius 1 is 1.16 bits per heavy atom. The second kappa shape index (κ2) is 3.80. The highest BCUT2D eigenvalue weighted by molar-refractivity contribution is 6.16. The molecule has 19 heavy (non-hydrogen) atoms. The van der Waals surface area contributed by atoms with Crippen molar-refractivity contribution in [2.24, 2.45) is 17.3 Å². The monoisotopic (exact) mass is 256 g/mol. The number of allylic oxidation sites excluding steroid dienone is 2. The van der Waals surface area contributed by atoms with Crippen molar-refractivity contribution >= 4 is 11.6 Å². The number of aliphatic hydroxyl groups is 1. The summed E-state index contributed by atoms with van der Waals surface area (Å²) in [5, 5.41) is 9.78. The number of Topliss-reactive ketones (excluding diaryl/α,β-unsaturated/α-hetero) is 2. The Bertz CT molecular complexity index is 587. The zero-order valence-corrected chi connectivity index (χ0v) is 11.0. The van der Waals surface area contributed by atoms with Gasteiger partial charge >= 0.3 is 0 Å². The Labute approximate surface area is 111 Å². The molecule has 1 saturated carbocycles. The number of hydrogen-bond donors (Lipinski definition) is 1. The molecule has 0 saturated heterocycles. The maximum absolute atomic E-state index is 12.5. The summed E-state index contributed by atoms with van der Waals surface area (Å²) in [4.78, 5) is 24.6. The van der Waals surface area contributed by atoms with Gasteiger partial charge in [-0.2, -0.15) is 0 Å². The Kier molecular flexibility index (Phi) is 2.43. The summed E-state index contributed by atoms with van der Waals surface area (Å²) >= 11 is 0. The highest BCUT2D eigenvalue weighted by Crippen LogP contribution is 2.56. The van der Waals surface area contributed by atoms with Crippen LogP contribution in [-0.4, -0.2) is 16.7 Å². The summed E-state index contributed by atoms with van der Waals surface area (Å²) in [6, 6.07) is 9.63. The lowest BCUT2D eigenvalue weighted by Crippen LogP contribution is -2.35. The van der Waals surface area contributed by atoms with Gasteiger partial charge in [0.25, 0.3) is 0 Å². The molecule has 0 radical (unpaired) electrons. The molecule has 0 spiro atoms. The Hall–Kier alpha value is -1.90. The number of carbonyl (C=O) groups is 2. The van der Waals surface area contributed by atoms with Crippen molar-refractivity contribution in [2.45, 2.75) is 19.8 Å². The molecule has 1 aromatic rings. The Morgan fingerprint density at radius 3 is 2.42 bits per heavy atom. The molecule has 0 aliphatic heterocycles. The van der Waals surface area contributed by atoms with E-state index in [1.165, 1.54) is 6.08 Å². The average molecular weight is 256 g/mol. The van der Waals surface area contributed by atoms with Crippen LogP contribution in [0.1, 0.15) is 25.3 Å². The molecule has 3 heteroatoms. The quantitative estimate of drug-likeness (QED) is 0.786. The van der Waals surface area contributed by atoms with Crippen LogP contribution in [0.3, 0.4) is 0 Å². The van der Waals surface area contributed by atoms with Gasteiger partial charge in [0.2, 0.25) is 5.78 Å². The van der Waals surface area contributed by atoms with Crippen molar-refractivity contribution in [1.29, 1.82) is 0 Å². The number of hydrogen-bond acceptors (Lipinski definition) is 3. The van der Waals surface area contributed by atoms with Crippen LogP contribution < -0.4 is 0 Å². The fourth-order valence-corrected chi connectivity index (χ4v) is 3.54. The van der Waals surface area contributed by atoms with Gasteiger partial charge in [0.15, 0.2) is 11.5 Å². The lowest BCUT2D eigenvalue weighted by atomic mass is 9.75. The molecule has 0 amide bonds. The number of rotatable bonds is 1. The van der Waals surface area contributed by atoms with E-state index >= 15 is 0 Å². The molecule has 2 bridgehead atoms. The molecular weight excluding hydrogens is 240 g/mol. The molecule has 2 aliphatic carbocycles. The minimum atomic E-state index is -0.733. The van der Waals surface area contributed by atoms with Crippen molar-refractivity contribution in [1.82, 2.24) is 0 Å². The van der Waals surface area contributed by atoms with Gasteiger partial charge in [-0.3, -0.25) is 9.59 Å². The first-order chi connectivity index (χ1) is 8.97. The van der Waals surface area contributed by atoms with E-state index in [9.17, 15) is 14.7 Å². The van der Waals surface area contributed by atoms with Gasteiger partial charge in [0.05, 0.1) is 11.3 Å². The number of carbonyl (C=O) groups excluding carboxylic acids is 2. The van der Waals surface area contributed by atoms with Gasteiger partial charge in [0, 0.05) is 5.92 Å². The van der Waals surface area contributed by atoms with Gasteiger partial charge in [-0.15, -0.1) is 0 Å². The van der Waals surface area contributed by atoms with Crippen LogP contribution in [0.15, 0.2) is 42.2 Å². The molecule has 98 valence electrons. The topological polar surface area (TPSA) is 54.4 Å². The van der Waals surface area contributed by atoms with Crippen LogP contribution in [0.25, 0.3) is 0 Å². The predicted octanol–water partition coefficient (Wildman–Crippen LogP) is 2.64. The summed E-state index contributed by atoms with van der Waals surface area (Å²) < 4.78 is 0. The molecular formula is C16H16O3. The number of benzene rings is 1. The van der Waals surface area contributed by atoms with Crippen molar-refractivity contribution in [3.63, 3.8) is 0 Å². The highest BCUT2D eigenvalue weighted by Gasteiger charge is 2.60. The maximum atomic E-state index is 12.5. The standard InChI is InChI=1S/C16H16O3/c1-9-12(10-6-4-3-5-7-10)13-14(18)11(17)8-16(9,2)15(13)19/h3-9,12-13,17H,1-2H3/t9-,12+,13+,16+/m1/s1. The van der Waals surface area contributed by atoms with E-state index in [0.717, 1.165) is 5.56 Å². The third-order valence-corrected chi connectivity index (χ3v) is 4.81. The van der Waals surface area contributed by atoms with Crippen molar-refractivity contribution in [3.8, 4) is 0 Å². The number of aliphatic hydroxyl groups excluding tert-OH is 1. The van der Waals surface area contributed by atoms with Gasteiger partial charge in [-0.05, 0) is 24.5 Å². The van der Waals surface area contributed by atoms with Crippen LogP contribution in [0.2, 0.25) is 0 Å². The first-order valence-electron chi connectivity index (χ1n) is 6.52. The second-order valence-electron chi connectivity index (χ2n) is 5.74. The lowest BCUT2D eigenvalue weighted by Gasteiger charge is -2.26. The van der Waals surface area contributed by atoms with Crippen LogP contribution in [-0.2, 0) is 9.59 Å². The van der Waals surface area contributed by atoms with Gasteiger partial charge in [-0.1, -0.05) is 37.3 Å². The van der Waals surface area contributed by atoms with E-state index in [-0.39, 0.29) is 23.4 Å². The zero-order valence-electron chi connectivity index (χ0n) is 11.0. The van der Waals surface area contributed by atoms with Crippen LogP contribution >= 0.6 is 0 Å². The van der Waals surface area contributed by atoms with E-state index in [0.29, 0.717) is 0 Å². The van der Waals surface area contributed by atoms with E-state index in [1.807, 2.05) is 44.2 Å². The molecule has 3 rings (SSSR count). The van der Waals surface area contributed by atoms with Crippen molar-refractivity contribution < 1.29 is 14.7 Å². The van der Waals surface area contributed by atoms with Gasteiger partial charge in [0.1, 0.15) is 0 Å². The largest absolute Gasteiger partial charge is 0.505 e. The zero-order chi connectivity index (χ0) is 13.8. The minimum absolute atomic E-state index is 0.000926. The third-order valence-electron chi connectivity index (χ3n) is 4.81. The summed E-state index contributed by atoms with van der Waals surface area (Å²) in [6.45, 7) is 3.80. The maximum Gasteiger partial charge on any atom is 0.207 e. The molecule has 1 N–H and O–H groups in total. The van der Waals surface area contributed by atoms with E-state index < -0.39 is 17.1 Å². The molecule has 1 fully saturated rings. The fraction of sp³-hybridized carbons (Fsp3) is 0.375. The normalized spacial score (nSPS) is 37.4. The second-order valence-corrected chi connectivity index (χ2v) is 5.74. The van der Waals surface area contributed by atoms with E-state index in [2.05, 4.69) is 0 Å². The van der Waals surface area contributed by atoms with E-state index in [4.69, 9.17) is 0 Å². The molecule has 2 aliphatic rings. The van der Waals surface area contributed by atoms with Crippen molar-refractivity contribution in [3.05, 3.63) is 47.7 Å². The Morgan fingerprint density at radius 2 is 1.79 bits per heavy atom. The third kappa shape index (κ3) is 1.44. The molecule has 0 unspecified atom stereocenters. The summed E-state index contributed by atoms with van der Waals surface area (Å²) in [5.74, 6) is -1.62. The lowest BCUT2D eigenvalue weighted by molar-refractivity contribution is -0.135. The SMILES string of the molecule is C[C@@H]1[C@@H](c2ccccc2)[C@H]2C(=O)C(O)=C[C@]1(C)C2=O. The Balaban J connectivity index is 2.16. The summed E-state index contributed by atoms with van der Waals surface area (Å²) in [6.07, 6.45) is 1.45. The van der Waals surface area contributed by atoms with E-state index in [1.54, 1.807) is 0 Å². The first-order valence-corrected chi connectivity index (χ1v) is 6.52. The van der Waals surface area contributed by atoms with Gasteiger partial charge in [-0.25, -0.2) is 0 Å². The van der Waals surface area contributed by atoms with Gasteiger partial charge < -0.3 is 5.11 Å².